The van der Waals surface area contributed by atoms with Crippen molar-refractivity contribution in [3.05, 3.63) is 63.1 Å². The topological polar surface area (TPSA) is 93.8 Å². The van der Waals surface area contributed by atoms with Crippen molar-refractivity contribution in [3.63, 3.8) is 0 Å². The van der Waals surface area contributed by atoms with Gasteiger partial charge in [0.05, 0.1) is 11.1 Å². The highest BCUT2D eigenvalue weighted by Gasteiger charge is 2.19. The van der Waals surface area contributed by atoms with Gasteiger partial charge in [-0.3, -0.25) is 19.7 Å². The van der Waals surface area contributed by atoms with Gasteiger partial charge < -0.3 is 5.32 Å². The molecule has 0 spiro atoms. The third-order valence-corrected chi connectivity index (χ3v) is 6.39. The number of benzene rings is 1. The Morgan fingerprint density at radius 2 is 1.91 bits per heavy atom. The molecule has 4 rings (SSSR count). The van der Waals surface area contributed by atoms with Crippen molar-refractivity contribution >= 4 is 33.1 Å². The molecular weight excluding hydrogens is 436 g/mol. The third-order valence-electron chi connectivity index (χ3n) is 5.59. The minimum atomic E-state index is -0.385. The highest BCUT2D eigenvalue weighted by molar-refractivity contribution is 7.14. The van der Waals surface area contributed by atoms with Crippen LogP contribution < -0.4 is 16.3 Å². The van der Waals surface area contributed by atoms with Crippen LogP contribution in [0.15, 0.2) is 40.5 Å². The fraction of sp³-hybridized carbons (Fsp3) is 0.333. The van der Waals surface area contributed by atoms with Gasteiger partial charge in [-0.25, -0.2) is 9.67 Å². The van der Waals surface area contributed by atoms with Gasteiger partial charge >= 0.3 is 0 Å². The molecule has 0 atom stereocenters. The predicted molar refractivity (Wildman–Crippen MR) is 134 cm³/mol. The lowest BCUT2D eigenvalue weighted by atomic mass is 10.1. The molecule has 0 bridgehead atoms. The monoisotopic (exact) mass is 464 g/mol. The molecule has 3 aromatic heterocycles. The van der Waals surface area contributed by atoms with Crippen LogP contribution in [0.25, 0.3) is 22.0 Å². The van der Waals surface area contributed by atoms with Gasteiger partial charge in [0.1, 0.15) is 0 Å². The second-order valence-corrected chi connectivity index (χ2v) is 9.39. The second-order valence-electron chi connectivity index (χ2n) is 8.53. The summed E-state index contributed by atoms with van der Waals surface area (Å²) in [6, 6.07) is 9.02. The summed E-state index contributed by atoms with van der Waals surface area (Å²) in [4.78, 5) is 30.3. The molecule has 4 aromatic rings. The first-order valence-corrected chi connectivity index (χ1v) is 11.8. The summed E-state index contributed by atoms with van der Waals surface area (Å²) >= 11 is 1.57. The molecule has 172 valence electrons. The molecule has 33 heavy (non-hydrogen) atoms. The first-order valence-electron chi connectivity index (χ1n) is 10.9. The van der Waals surface area contributed by atoms with E-state index in [1.807, 2.05) is 25.3 Å². The van der Waals surface area contributed by atoms with Crippen LogP contribution in [0.3, 0.4) is 0 Å². The smallest absolute Gasteiger partial charge is 0.291 e. The van der Waals surface area contributed by atoms with E-state index in [0.29, 0.717) is 16.7 Å². The van der Waals surface area contributed by atoms with Crippen LogP contribution >= 0.6 is 11.3 Å². The number of aryl methyl sites for hydroxylation is 2. The van der Waals surface area contributed by atoms with E-state index in [1.54, 1.807) is 47.3 Å². The fourth-order valence-electron chi connectivity index (χ4n) is 3.76. The quantitative estimate of drug-likeness (QED) is 0.425. The molecule has 0 aliphatic heterocycles. The fourth-order valence-corrected chi connectivity index (χ4v) is 4.50. The normalized spacial score (nSPS) is 11.3. The summed E-state index contributed by atoms with van der Waals surface area (Å²) in [6.07, 6.45) is 1.09. The van der Waals surface area contributed by atoms with Crippen LogP contribution in [0.4, 0.5) is 5.13 Å². The lowest BCUT2D eigenvalue weighted by molar-refractivity contribution is 0.100. The van der Waals surface area contributed by atoms with E-state index < -0.39 is 0 Å². The van der Waals surface area contributed by atoms with Crippen molar-refractivity contribution in [2.24, 2.45) is 13.0 Å². The zero-order chi connectivity index (χ0) is 23.7. The molecule has 3 heterocycles. The Hall–Kier alpha value is -3.46. The van der Waals surface area contributed by atoms with Gasteiger partial charge in [-0.05, 0) is 38.3 Å². The summed E-state index contributed by atoms with van der Waals surface area (Å²) in [7, 11) is 1.55. The maximum absolute atomic E-state index is 13.2. The Bertz CT molecular complexity index is 1380. The molecule has 0 aliphatic carbocycles. The number of carbonyl (C=O) groups is 1. The molecule has 0 saturated heterocycles. The van der Waals surface area contributed by atoms with Gasteiger partial charge in [0.15, 0.2) is 10.8 Å². The van der Waals surface area contributed by atoms with Crippen molar-refractivity contribution < 1.29 is 4.79 Å². The van der Waals surface area contributed by atoms with E-state index in [2.05, 4.69) is 29.7 Å². The number of rotatable bonds is 7. The van der Waals surface area contributed by atoms with Crippen molar-refractivity contribution in [1.82, 2.24) is 19.4 Å². The minimum absolute atomic E-state index is 0.201. The highest BCUT2D eigenvalue weighted by Crippen LogP contribution is 2.29. The zero-order valence-corrected chi connectivity index (χ0v) is 20.3. The molecule has 0 radical (unpaired) electrons. The third kappa shape index (κ3) is 4.54. The van der Waals surface area contributed by atoms with Crippen LogP contribution in [0.2, 0.25) is 0 Å². The molecule has 0 unspecified atom stereocenters. The van der Waals surface area contributed by atoms with E-state index in [-0.39, 0.29) is 17.2 Å². The van der Waals surface area contributed by atoms with Crippen molar-refractivity contribution in [2.75, 3.05) is 17.3 Å². The average molecular weight is 465 g/mol. The number of thiazole rings is 1. The molecule has 0 aliphatic rings. The number of hydrogen-bond acceptors (Lipinski definition) is 6. The highest BCUT2D eigenvalue weighted by atomic mass is 32.1. The molecule has 0 fully saturated rings. The summed E-state index contributed by atoms with van der Waals surface area (Å²) in [5.41, 5.74) is 6.46. The standard InChI is InChI=1S/C24H28N6O2S/c1-14(2)10-11-25-24-26-20(13-33-24)19-12-15(3)30(16(19)4)28-22(31)21-17-8-6-7-9-18(17)23(32)29(5)27-21/h6-9,12-14H,10-11H2,1-5H3,(H,25,26)(H,28,31). The van der Waals surface area contributed by atoms with Gasteiger partial charge in [0, 0.05) is 41.3 Å². The number of anilines is 1. The number of hydrogen-bond donors (Lipinski definition) is 2. The summed E-state index contributed by atoms with van der Waals surface area (Å²) in [6.45, 7) is 9.16. The predicted octanol–water partition coefficient (Wildman–Crippen LogP) is 4.32. The van der Waals surface area contributed by atoms with Crippen LogP contribution in [-0.4, -0.2) is 31.9 Å². The molecule has 1 aromatic carbocycles. The molecule has 8 nitrogen and oxygen atoms in total. The number of nitrogens with zero attached hydrogens (tertiary/aromatic N) is 4. The van der Waals surface area contributed by atoms with E-state index in [0.717, 1.165) is 40.7 Å². The van der Waals surface area contributed by atoms with Gasteiger partial charge in [0.25, 0.3) is 11.5 Å². The maximum atomic E-state index is 13.2. The number of amides is 1. The van der Waals surface area contributed by atoms with Crippen molar-refractivity contribution in [2.45, 2.75) is 34.1 Å². The largest absolute Gasteiger partial charge is 0.361 e. The van der Waals surface area contributed by atoms with Crippen molar-refractivity contribution in [1.29, 1.82) is 0 Å². The van der Waals surface area contributed by atoms with Crippen LogP contribution in [0, 0.1) is 19.8 Å². The zero-order valence-electron chi connectivity index (χ0n) is 19.5. The van der Waals surface area contributed by atoms with E-state index in [4.69, 9.17) is 4.98 Å². The first kappa shape index (κ1) is 22.7. The number of carbonyl (C=O) groups excluding carboxylic acids is 1. The van der Waals surface area contributed by atoms with Gasteiger partial charge in [-0.1, -0.05) is 32.0 Å². The number of aromatic nitrogens is 4. The number of nitrogens with one attached hydrogen (secondary N) is 2. The Kier molecular flexibility index (Phi) is 6.33. The lowest BCUT2D eigenvalue weighted by Crippen LogP contribution is -2.29. The summed E-state index contributed by atoms with van der Waals surface area (Å²) < 4.78 is 2.94. The Balaban J connectivity index is 1.61. The molecule has 0 saturated carbocycles. The first-order chi connectivity index (χ1) is 15.8. The van der Waals surface area contributed by atoms with Crippen LogP contribution in [-0.2, 0) is 7.05 Å². The maximum Gasteiger partial charge on any atom is 0.291 e. The Morgan fingerprint density at radius 3 is 2.64 bits per heavy atom. The van der Waals surface area contributed by atoms with Gasteiger partial charge in [0.2, 0.25) is 0 Å². The van der Waals surface area contributed by atoms with E-state index in [9.17, 15) is 9.59 Å². The molecular formula is C24H28N6O2S. The molecule has 1 amide bonds. The van der Waals surface area contributed by atoms with Crippen molar-refractivity contribution in [3.8, 4) is 11.3 Å². The molecule has 2 N–H and O–H groups in total. The van der Waals surface area contributed by atoms with Gasteiger partial charge in [-0.2, -0.15) is 5.10 Å². The lowest BCUT2D eigenvalue weighted by Gasteiger charge is -2.13. The summed E-state index contributed by atoms with van der Waals surface area (Å²) in [5.74, 6) is 0.252. The second kappa shape index (κ2) is 9.19. The SMILES string of the molecule is Cc1cc(-c2csc(NCCC(C)C)n2)c(C)n1NC(=O)c1nn(C)c(=O)c2ccccc12. The van der Waals surface area contributed by atoms with E-state index >= 15 is 0 Å². The average Bonchev–Trinajstić information content (AvgIpc) is 3.35. The minimum Gasteiger partial charge on any atom is -0.361 e. The van der Waals surface area contributed by atoms with Crippen LogP contribution in [0.5, 0.6) is 0 Å². The number of fused-ring (bicyclic) bond motifs is 1. The Morgan fingerprint density at radius 1 is 1.18 bits per heavy atom. The molecule has 9 heteroatoms. The van der Waals surface area contributed by atoms with E-state index in [1.165, 1.54) is 4.68 Å². The van der Waals surface area contributed by atoms with Gasteiger partial charge in [-0.15, -0.1) is 11.3 Å². The van der Waals surface area contributed by atoms with Crippen LogP contribution in [0.1, 0.15) is 42.1 Å². The Labute approximate surface area is 196 Å². The summed E-state index contributed by atoms with van der Waals surface area (Å²) in [5, 5.41) is 11.5.